The zero-order valence-corrected chi connectivity index (χ0v) is 58.4. The van der Waals surface area contributed by atoms with Crippen molar-refractivity contribution in [1.82, 2.24) is 5.32 Å². The lowest BCUT2D eigenvalue weighted by atomic mass is 9.97. The molecule has 0 aromatic heterocycles. The standard InChI is InChI=1S/C76H147NO13/c1-3-5-7-9-11-13-15-17-19-21-23-25-27-29-30-31-32-33-34-36-38-40-42-44-46-48-50-52-54-56-58-60-68(81)77-64(63-87-75-73(86)71(84)74(67(62-79)89-75)90-76-72(85)70(83)69(82)66(61-78)88-76)65(80)59-57-55-53-51-49-47-45-43-41-39-37-35-28-26-24-22-20-18-16-14-12-10-8-6-4-2/h57,59,64-67,69-76,78-80,82-86H,3-56,58,60-63H2,1-2H3,(H,77,81)/b59-57+. The second-order valence-corrected chi connectivity index (χ2v) is 27.9. The Hall–Kier alpha value is -1.27. The number of hydrogen-bond donors (Lipinski definition) is 9. The third-order valence-corrected chi connectivity index (χ3v) is 19.5. The fourth-order valence-corrected chi connectivity index (χ4v) is 13.3. The summed E-state index contributed by atoms with van der Waals surface area (Å²) in [4.78, 5) is 13.4. The molecule has 14 heteroatoms. The van der Waals surface area contributed by atoms with Gasteiger partial charge in [0.2, 0.25) is 5.91 Å². The molecule has 2 aliphatic rings. The molecule has 2 rings (SSSR count). The van der Waals surface area contributed by atoms with Crippen molar-refractivity contribution in [2.24, 2.45) is 0 Å². The van der Waals surface area contributed by atoms with Gasteiger partial charge in [0, 0.05) is 6.42 Å². The maximum absolute atomic E-state index is 13.4. The second-order valence-electron chi connectivity index (χ2n) is 27.9. The van der Waals surface area contributed by atoms with E-state index >= 15 is 0 Å². The maximum Gasteiger partial charge on any atom is 0.220 e. The molecule has 2 heterocycles. The number of ether oxygens (including phenoxy) is 4. The first-order chi connectivity index (χ1) is 44.1. The highest BCUT2D eigenvalue weighted by Gasteiger charge is 2.51. The Labute approximate surface area is 552 Å². The van der Waals surface area contributed by atoms with Crippen molar-refractivity contribution in [1.29, 1.82) is 0 Å². The van der Waals surface area contributed by atoms with Gasteiger partial charge in [-0.05, 0) is 19.3 Å². The van der Waals surface area contributed by atoms with Crippen molar-refractivity contribution in [2.75, 3.05) is 19.8 Å². The summed E-state index contributed by atoms with van der Waals surface area (Å²) in [5.41, 5.74) is 0. The number of allylic oxidation sites excluding steroid dienone is 1. The van der Waals surface area contributed by atoms with Crippen LogP contribution in [0, 0.1) is 0 Å². The Morgan fingerprint density at radius 3 is 1.02 bits per heavy atom. The number of nitrogens with one attached hydrogen (secondary N) is 1. The first-order valence-corrected chi connectivity index (χ1v) is 38.9. The van der Waals surface area contributed by atoms with E-state index in [1.165, 1.54) is 308 Å². The van der Waals surface area contributed by atoms with E-state index in [-0.39, 0.29) is 18.9 Å². The topological polar surface area (TPSA) is 228 Å². The second kappa shape index (κ2) is 61.3. The van der Waals surface area contributed by atoms with Crippen LogP contribution in [0.15, 0.2) is 12.2 Å². The van der Waals surface area contributed by atoms with E-state index in [2.05, 4.69) is 19.2 Å². The first-order valence-electron chi connectivity index (χ1n) is 38.9. The third kappa shape index (κ3) is 44.5. The van der Waals surface area contributed by atoms with Gasteiger partial charge in [0.15, 0.2) is 12.6 Å². The lowest BCUT2D eigenvalue weighted by Gasteiger charge is -2.46. The van der Waals surface area contributed by atoms with Crippen molar-refractivity contribution in [2.45, 2.75) is 447 Å². The predicted octanol–water partition coefficient (Wildman–Crippen LogP) is 16.9. The monoisotopic (exact) mass is 1280 g/mol. The predicted molar refractivity (Wildman–Crippen MR) is 369 cm³/mol. The van der Waals surface area contributed by atoms with Gasteiger partial charge in [0.1, 0.15) is 48.8 Å². The van der Waals surface area contributed by atoms with Gasteiger partial charge < -0.3 is 65.1 Å². The molecule has 2 fully saturated rings. The van der Waals surface area contributed by atoms with Gasteiger partial charge in [0.25, 0.3) is 0 Å². The first kappa shape index (κ1) is 84.8. The van der Waals surface area contributed by atoms with Crippen molar-refractivity contribution >= 4 is 5.91 Å². The minimum absolute atomic E-state index is 0.229. The molecule has 0 spiro atoms. The van der Waals surface area contributed by atoms with E-state index in [1.807, 2.05) is 6.08 Å². The summed E-state index contributed by atoms with van der Waals surface area (Å²) in [6.45, 7) is 2.88. The molecule has 0 radical (unpaired) electrons. The van der Waals surface area contributed by atoms with E-state index in [0.717, 1.165) is 44.9 Å². The van der Waals surface area contributed by atoms with Gasteiger partial charge >= 0.3 is 0 Å². The Morgan fingerprint density at radius 1 is 0.389 bits per heavy atom. The summed E-state index contributed by atoms with van der Waals surface area (Å²) < 4.78 is 22.9. The quantitative estimate of drug-likeness (QED) is 0.0204. The zero-order chi connectivity index (χ0) is 65.2. The normalized spacial score (nSPS) is 22.9. The van der Waals surface area contributed by atoms with Gasteiger partial charge in [0.05, 0.1) is 32.0 Å². The van der Waals surface area contributed by atoms with E-state index in [0.29, 0.717) is 0 Å². The van der Waals surface area contributed by atoms with Crippen LogP contribution in [-0.2, 0) is 23.7 Å². The molecule has 0 saturated carbocycles. The molecule has 2 saturated heterocycles. The molecule has 90 heavy (non-hydrogen) atoms. The van der Waals surface area contributed by atoms with Crippen molar-refractivity contribution in [3.05, 3.63) is 12.2 Å². The van der Waals surface area contributed by atoms with Crippen molar-refractivity contribution in [3.63, 3.8) is 0 Å². The fraction of sp³-hybridized carbons (Fsp3) is 0.961. The number of rotatable bonds is 66. The highest BCUT2D eigenvalue weighted by molar-refractivity contribution is 5.76. The number of hydrogen-bond acceptors (Lipinski definition) is 13. The van der Waals surface area contributed by atoms with E-state index < -0.39 is 86.8 Å². The van der Waals surface area contributed by atoms with Crippen LogP contribution in [0.3, 0.4) is 0 Å². The Morgan fingerprint density at radius 2 is 0.689 bits per heavy atom. The Balaban J connectivity index is 1.62. The molecule has 0 bridgehead atoms. The molecular weight excluding hydrogens is 1130 g/mol. The zero-order valence-electron chi connectivity index (χ0n) is 58.4. The molecule has 0 aromatic rings. The van der Waals surface area contributed by atoms with Gasteiger partial charge in [-0.15, -0.1) is 0 Å². The Kier molecular flexibility index (Phi) is 57.8. The molecule has 12 unspecified atom stereocenters. The fourth-order valence-electron chi connectivity index (χ4n) is 13.3. The molecular formula is C76H147NO13. The van der Waals surface area contributed by atoms with Gasteiger partial charge in [-0.25, -0.2) is 0 Å². The molecule has 0 aliphatic carbocycles. The van der Waals surface area contributed by atoms with Crippen LogP contribution in [-0.4, -0.2) is 140 Å². The summed E-state index contributed by atoms with van der Waals surface area (Å²) in [7, 11) is 0. The molecule has 534 valence electrons. The largest absolute Gasteiger partial charge is 0.394 e. The van der Waals surface area contributed by atoms with Crippen molar-refractivity contribution in [3.8, 4) is 0 Å². The smallest absolute Gasteiger partial charge is 0.220 e. The minimum Gasteiger partial charge on any atom is -0.394 e. The number of unbranched alkanes of at least 4 members (excludes halogenated alkanes) is 53. The van der Waals surface area contributed by atoms with Crippen LogP contribution in [0.5, 0.6) is 0 Å². The number of aliphatic hydroxyl groups excluding tert-OH is 8. The van der Waals surface area contributed by atoms with E-state index in [4.69, 9.17) is 18.9 Å². The third-order valence-electron chi connectivity index (χ3n) is 19.5. The summed E-state index contributed by atoms with van der Waals surface area (Å²) in [6.07, 6.45) is 60.0. The summed E-state index contributed by atoms with van der Waals surface area (Å²) in [5.74, 6) is -0.229. The van der Waals surface area contributed by atoms with Gasteiger partial charge in [-0.3, -0.25) is 4.79 Å². The number of aliphatic hydroxyl groups is 8. The Bertz CT molecular complexity index is 1560. The molecule has 14 nitrogen and oxygen atoms in total. The van der Waals surface area contributed by atoms with Crippen LogP contribution in [0.25, 0.3) is 0 Å². The van der Waals surface area contributed by atoms with Crippen LogP contribution >= 0.6 is 0 Å². The van der Waals surface area contributed by atoms with Gasteiger partial charge in [-0.2, -0.15) is 0 Å². The number of carbonyl (C=O) groups is 1. The summed E-state index contributed by atoms with van der Waals surface area (Å²) in [5, 5.41) is 87.6. The number of amides is 1. The molecule has 9 N–H and O–H groups in total. The number of carbonyl (C=O) groups excluding carboxylic acids is 1. The van der Waals surface area contributed by atoms with Gasteiger partial charge in [-0.1, -0.05) is 360 Å². The van der Waals surface area contributed by atoms with E-state index in [9.17, 15) is 45.6 Å². The SMILES string of the molecule is CCCCCCCCCCCCCCCCCCCCCCCCC/C=C/C(O)C(COC1OC(CO)C(OC2OC(CO)C(O)C(O)C2O)C(O)C1O)NC(=O)CCCCCCCCCCCCCCCCCCCCCCCCCCCCCCCCC. The van der Waals surface area contributed by atoms with Crippen LogP contribution in [0.2, 0.25) is 0 Å². The summed E-state index contributed by atoms with van der Waals surface area (Å²) in [6, 6.07) is -0.912. The molecule has 0 aromatic carbocycles. The highest BCUT2D eigenvalue weighted by Crippen LogP contribution is 2.30. The van der Waals surface area contributed by atoms with Crippen LogP contribution in [0.4, 0.5) is 0 Å². The molecule has 1 amide bonds. The average molecular weight is 1280 g/mol. The lowest BCUT2D eigenvalue weighted by molar-refractivity contribution is -0.359. The summed E-state index contributed by atoms with van der Waals surface area (Å²) >= 11 is 0. The minimum atomic E-state index is -1.79. The van der Waals surface area contributed by atoms with Crippen LogP contribution in [0.1, 0.15) is 373 Å². The highest BCUT2D eigenvalue weighted by atomic mass is 16.7. The van der Waals surface area contributed by atoms with Crippen LogP contribution < -0.4 is 5.32 Å². The van der Waals surface area contributed by atoms with E-state index in [1.54, 1.807) is 6.08 Å². The molecule has 12 atom stereocenters. The maximum atomic E-state index is 13.4. The lowest BCUT2D eigenvalue weighted by Crippen LogP contribution is -2.65. The molecule has 2 aliphatic heterocycles. The average Bonchev–Trinajstić information content (AvgIpc) is 1.31. The van der Waals surface area contributed by atoms with Crippen molar-refractivity contribution < 1.29 is 64.6 Å².